The van der Waals surface area contributed by atoms with E-state index in [2.05, 4.69) is 4.90 Å². The summed E-state index contributed by atoms with van der Waals surface area (Å²) in [5.74, 6) is 0.855. The number of carbonyl (C=O) groups is 1. The average molecular weight is 495 g/mol. The van der Waals surface area contributed by atoms with Crippen LogP contribution in [0.1, 0.15) is 40.3 Å². The summed E-state index contributed by atoms with van der Waals surface area (Å²) < 4.78 is 36.7. The van der Waals surface area contributed by atoms with Gasteiger partial charge in [-0.25, -0.2) is 4.39 Å². The van der Waals surface area contributed by atoms with Gasteiger partial charge >= 0.3 is 0 Å². The van der Waals surface area contributed by atoms with Crippen LogP contribution in [0.2, 0.25) is 0 Å². The van der Waals surface area contributed by atoms with Gasteiger partial charge in [0.1, 0.15) is 17.3 Å². The molecule has 2 fully saturated rings. The van der Waals surface area contributed by atoms with E-state index in [1.807, 2.05) is 36.4 Å². The third-order valence-electron chi connectivity index (χ3n) is 6.71. The second-order valence-electron chi connectivity index (χ2n) is 9.29. The standard InChI is InChI=1S/C28H31FN2O5/c1-33-24-7-3-5-22(17-24)19-30(18-21-4-2-6-23(29)16-21)20-25-8-9-26(36-25)27(32)31-12-10-28(11-13-31)34-14-15-35-28/h2-9,16-17H,10-15,18-20H2,1H3. The number of carbonyl (C=O) groups excluding carboxylic acids is 1. The highest BCUT2D eigenvalue weighted by molar-refractivity contribution is 5.91. The van der Waals surface area contributed by atoms with Crippen LogP contribution in [0.15, 0.2) is 65.1 Å². The quantitative estimate of drug-likeness (QED) is 0.456. The summed E-state index contributed by atoms with van der Waals surface area (Å²) in [6.07, 6.45) is 1.32. The number of rotatable bonds is 8. The fourth-order valence-corrected chi connectivity index (χ4v) is 4.88. The molecule has 36 heavy (non-hydrogen) atoms. The van der Waals surface area contributed by atoms with Gasteiger partial charge in [0.2, 0.25) is 0 Å². The molecule has 1 aromatic heterocycles. The molecule has 0 N–H and O–H groups in total. The Hall–Kier alpha value is -3.20. The van der Waals surface area contributed by atoms with Crippen LogP contribution in [-0.2, 0) is 29.1 Å². The Labute approximate surface area is 210 Å². The molecule has 0 saturated carbocycles. The number of hydrogen-bond acceptors (Lipinski definition) is 6. The van der Waals surface area contributed by atoms with Crippen molar-refractivity contribution in [2.24, 2.45) is 0 Å². The van der Waals surface area contributed by atoms with Crippen LogP contribution in [-0.4, -0.2) is 54.9 Å². The second kappa shape index (κ2) is 10.8. The van der Waals surface area contributed by atoms with E-state index >= 15 is 0 Å². The average Bonchev–Trinajstić information content (AvgIpc) is 3.54. The monoisotopic (exact) mass is 494 g/mol. The number of benzene rings is 2. The van der Waals surface area contributed by atoms with Gasteiger partial charge in [-0.15, -0.1) is 0 Å². The number of halogens is 1. The van der Waals surface area contributed by atoms with Gasteiger partial charge in [0.05, 0.1) is 26.9 Å². The third-order valence-corrected chi connectivity index (χ3v) is 6.71. The van der Waals surface area contributed by atoms with E-state index in [4.69, 9.17) is 18.6 Å². The van der Waals surface area contributed by atoms with Crippen LogP contribution in [0.4, 0.5) is 4.39 Å². The fourth-order valence-electron chi connectivity index (χ4n) is 4.88. The summed E-state index contributed by atoms with van der Waals surface area (Å²) in [7, 11) is 1.64. The lowest BCUT2D eigenvalue weighted by Gasteiger charge is -2.37. The molecule has 3 aromatic rings. The zero-order chi connectivity index (χ0) is 25.0. The molecule has 8 heteroatoms. The highest BCUT2D eigenvalue weighted by Crippen LogP contribution is 2.32. The highest BCUT2D eigenvalue weighted by atomic mass is 19.1. The minimum atomic E-state index is -0.525. The maximum absolute atomic E-state index is 13.8. The molecule has 0 unspecified atom stereocenters. The Morgan fingerprint density at radius 2 is 1.67 bits per heavy atom. The molecule has 2 saturated heterocycles. The first-order valence-electron chi connectivity index (χ1n) is 12.3. The molecule has 7 nitrogen and oxygen atoms in total. The van der Waals surface area contributed by atoms with Crippen LogP contribution in [0.25, 0.3) is 0 Å². The Balaban J connectivity index is 1.27. The van der Waals surface area contributed by atoms with E-state index in [0.29, 0.717) is 70.3 Å². The van der Waals surface area contributed by atoms with Crippen molar-refractivity contribution in [1.29, 1.82) is 0 Å². The van der Waals surface area contributed by atoms with Crippen LogP contribution in [0.5, 0.6) is 5.75 Å². The van der Waals surface area contributed by atoms with Crippen LogP contribution in [0.3, 0.4) is 0 Å². The van der Waals surface area contributed by atoms with Gasteiger partial charge < -0.3 is 23.5 Å². The molecule has 1 spiro atoms. The Bertz CT molecular complexity index is 1180. The maximum Gasteiger partial charge on any atom is 0.289 e. The second-order valence-corrected chi connectivity index (χ2v) is 9.29. The first-order chi connectivity index (χ1) is 17.5. The molecular formula is C28H31FN2O5. The number of nitrogens with zero attached hydrogens (tertiary/aromatic N) is 2. The van der Waals surface area contributed by atoms with Crippen molar-refractivity contribution in [2.45, 2.75) is 38.3 Å². The number of furan rings is 1. The van der Waals surface area contributed by atoms with Crippen molar-refractivity contribution in [3.63, 3.8) is 0 Å². The number of likely N-dealkylation sites (tertiary alicyclic amines) is 1. The molecule has 5 rings (SSSR count). The minimum absolute atomic E-state index is 0.126. The highest BCUT2D eigenvalue weighted by Gasteiger charge is 2.41. The molecule has 2 aliphatic rings. The predicted octanol–water partition coefficient (Wildman–Crippen LogP) is 4.61. The smallest absolute Gasteiger partial charge is 0.289 e. The number of amides is 1. The first kappa shape index (κ1) is 24.5. The molecule has 0 bridgehead atoms. The predicted molar refractivity (Wildman–Crippen MR) is 131 cm³/mol. The van der Waals surface area contributed by atoms with E-state index in [0.717, 1.165) is 16.9 Å². The topological polar surface area (TPSA) is 64.4 Å². The summed E-state index contributed by atoms with van der Waals surface area (Å²) in [4.78, 5) is 17.0. The molecule has 2 aliphatic heterocycles. The Morgan fingerprint density at radius 3 is 2.36 bits per heavy atom. The van der Waals surface area contributed by atoms with Gasteiger partial charge in [0, 0.05) is 39.0 Å². The van der Waals surface area contributed by atoms with E-state index in [9.17, 15) is 9.18 Å². The minimum Gasteiger partial charge on any atom is -0.497 e. The maximum atomic E-state index is 13.8. The zero-order valence-corrected chi connectivity index (χ0v) is 20.5. The molecular weight excluding hydrogens is 463 g/mol. The van der Waals surface area contributed by atoms with E-state index in [1.54, 1.807) is 24.1 Å². The van der Waals surface area contributed by atoms with Crippen molar-refractivity contribution in [3.8, 4) is 5.75 Å². The lowest BCUT2D eigenvalue weighted by Crippen LogP contribution is -2.47. The van der Waals surface area contributed by atoms with Crippen LogP contribution < -0.4 is 4.74 Å². The van der Waals surface area contributed by atoms with Gasteiger partial charge in [-0.1, -0.05) is 24.3 Å². The number of piperidine rings is 1. The summed E-state index contributed by atoms with van der Waals surface area (Å²) in [6.45, 7) is 3.94. The van der Waals surface area contributed by atoms with Gasteiger partial charge in [-0.05, 0) is 47.5 Å². The molecule has 2 aromatic carbocycles. The zero-order valence-electron chi connectivity index (χ0n) is 20.5. The molecule has 3 heterocycles. The van der Waals surface area contributed by atoms with Crippen LogP contribution >= 0.6 is 0 Å². The largest absolute Gasteiger partial charge is 0.497 e. The molecule has 1 amide bonds. The van der Waals surface area contributed by atoms with Crippen LogP contribution in [0, 0.1) is 5.82 Å². The van der Waals surface area contributed by atoms with E-state index in [1.165, 1.54) is 12.1 Å². The SMILES string of the molecule is COc1cccc(CN(Cc2cccc(F)c2)Cc2ccc(C(=O)N3CCC4(CC3)OCCO4)o2)c1. The van der Waals surface area contributed by atoms with Crippen molar-refractivity contribution in [2.75, 3.05) is 33.4 Å². The number of methoxy groups -OCH3 is 1. The van der Waals surface area contributed by atoms with Gasteiger partial charge in [-0.3, -0.25) is 9.69 Å². The molecule has 0 atom stereocenters. The lowest BCUT2D eigenvalue weighted by atomic mass is 10.0. The van der Waals surface area contributed by atoms with Gasteiger partial charge in [-0.2, -0.15) is 0 Å². The Morgan fingerprint density at radius 1 is 0.972 bits per heavy atom. The number of ether oxygens (including phenoxy) is 3. The number of hydrogen-bond donors (Lipinski definition) is 0. The first-order valence-corrected chi connectivity index (χ1v) is 12.3. The van der Waals surface area contributed by atoms with Crippen molar-refractivity contribution in [1.82, 2.24) is 9.80 Å². The van der Waals surface area contributed by atoms with Crippen molar-refractivity contribution in [3.05, 3.63) is 89.1 Å². The normalized spacial score (nSPS) is 17.1. The summed E-state index contributed by atoms with van der Waals surface area (Å²) >= 11 is 0. The molecule has 0 radical (unpaired) electrons. The molecule has 0 aliphatic carbocycles. The summed E-state index contributed by atoms with van der Waals surface area (Å²) in [6, 6.07) is 18.0. The van der Waals surface area contributed by atoms with Crippen molar-refractivity contribution < 1.29 is 27.8 Å². The lowest BCUT2D eigenvalue weighted by molar-refractivity contribution is -0.181. The summed E-state index contributed by atoms with van der Waals surface area (Å²) in [5.41, 5.74) is 1.92. The Kier molecular flexibility index (Phi) is 7.36. The van der Waals surface area contributed by atoms with Gasteiger partial charge in [0.25, 0.3) is 5.91 Å². The van der Waals surface area contributed by atoms with E-state index < -0.39 is 5.79 Å². The van der Waals surface area contributed by atoms with Gasteiger partial charge in [0.15, 0.2) is 11.5 Å². The summed E-state index contributed by atoms with van der Waals surface area (Å²) in [5, 5.41) is 0. The third kappa shape index (κ3) is 5.78. The van der Waals surface area contributed by atoms with Crippen molar-refractivity contribution >= 4 is 5.91 Å². The fraction of sp³-hybridized carbons (Fsp3) is 0.393. The van der Waals surface area contributed by atoms with E-state index in [-0.39, 0.29) is 11.7 Å². The molecule has 190 valence electrons.